The van der Waals surface area contributed by atoms with Gasteiger partial charge in [0.2, 0.25) is 0 Å². The van der Waals surface area contributed by atoms with Gasteiger partial charge in [-0.2, -0.15) is 0 Å². The molecule has 22 heavy (non-hydrogen) atoms. The first-order valence-electron chi connectivity index (χ1n) is 8.70. The third-order valence-electron chi connectivity index (χ3n) is 5.41. The fourth-order valence-electron chi connectivity index (χ4n) is 4.23. The fraction of sp³-hybridized carbons (Fsp3) is 0.684. The number of benzene rings is 1. The maximum Gasteiger partial charge on any atom is 0.129 e. The van der Waals surface area contributed by atoms with E-state index in [1.165, 1.54) is 24.8 Å². The standard InChI is InChI=1S/C19H29NO2/c1-5-14-10-8-11-15-16(21)18(19(3,4)22-17(14)15)20-12-7-6-9-13(20)2/h8,10-11,13,16,18,21H,5-7,9,12H2,1-4H3. The van der Waals surface area contributed by atoms with E-state index in [2.05, 4.69) is 38.7 Å². The summed E-state index contributed by atoms with van der Waals surface area (Å²) in [6.07, 6.45) is 4.16. The van der Waals surface area contributed by atoms with Crippen LogP contribution in [0.15, 0.2) is 18.2 Å². The molecule has 1 aromatic carbocycles. The monoisotopic (exact) mass is 303 g/mol. The normalized spacial score (nSPS) is 31.4. The summed E-state index contributed by atoms with van der Waals surface area (Å²) in [5, 5.41) is 11.1. The van der Waals surface area contributed by atoms with E-state index in [1.54, 1.807) is 0 Å². The van der Waals surface area contributed by atoms with Crippen LogP contribution in [0, 0.1) is 0 Å². The molecule has 3 atom stereocenters. The highest BCUT2D eigenvalue weighted by Crippen LogP contribution is 2.45. The molecule has 1 N–H and O–H groups in total. The van der Waals surface area contributed by atoms with E-state index in [-0.39, 0.29) is 11.6 Å². The molecular formula is C19H29NO2. The number of likely N-dealkylation sites (tertiary alicyclic amines) is 1. The number of fused-ring (bicyclic) bond motifs is 1. The molecule has 0 radical (unpaired) electrons. The SMILES string of the molecule is CCc1cccc2c1OC(C)(C)C(N1CCCCC1C)C2O. The van der Waals surface area contributed by atoms with E-state index >= 15 is 0 Å². The van der Waals surface area contributed by atoms with Crippen molar-refractivity contribution in [2.75, 3.05) is 6.54 Å². The lowest BCUT2D eigenvalue weighted by atomic mass is 9.82. The zero-order valence-electron chi connectivity index (χ0n) is 14.3. The second-order valence-electron chi connectivity index (χ2n) is 7.37. The molecule has 3 nitrogen and oxygen atoms in total. The molecule has 3 unspecified atom stereocenters. The molecule has 2 aliphatic rings. The van der Waals surface area contributed by atoms with Gasteiger partial charge >= 0.3 is 0 Å². The van der Waals surface area contributed by atoms with Crippen LogP contribution in [0.3, 0.4) is 0 Å². The zero-order valence-corrected chi connectivity index (χ0v) is 14.3. The van der Waals surface area contributed by atoms with Gasteiger partial charge in [-0.05, 0) is 52.1 Å². The Labute approximate surface area is 134 Å². The highest BCUT2D eigenvalue weighted by Gasteiger charge is 2.48. The first-order chi connectivity index (χ1) is 10.5. The van der Waals surface area contributed by atoms with Gasteiger partial charge in [-0.1, -0.05) is 31.5 Å². The van der Waals surface area contributed by atoms with Crippen LogP contribution < -0.4 is 4.74 Å². The molecule has 2 aliphatic heterocycles. The minimum absolute atomic E-state index is 0.0161. The van der Waals surface area contributed by atoms with Crippen molar-refractivity contribution in [2.45, 2.75) is 77.2 Å². The Balaban J connectivity index is 2.01. The van der Waals surface area contributed by atoms with Crippen LogP contribution >= 0.6 is 0 Å². The van der Waals surface area contributed by atoms with Gasteiger partial charge in [-0.25, -0.2) is 0 Å². The van der Waals surface area contributed by atoms with Gasteiger partial charge < -0.3 is 9.84 Å². The quantitative estimate of drug-likeness (QED) is 0.904. The summed E-state index contributed by atoms with van der Waals surface area (Å²) in [5.41, 5.74) is 1.76. The molecule has 0 aliphatic carbocycles. The minimum Gasteiger partial charge on any atom is -0.485 e. The Bertz CT molecular complexity index is 540. The Morgan fingerprint density at radius 3 is 2.77 bits per heavy atom. The van der Waals surface area contributed by atoms with Crippen molar-refractivity contribution in [3.8, 4) is 5.75 Å². The lowest BCUT2D eigenvalue weighted by Crippen LogP contribution is -2.61. The Morgan fingerprint density at radius 1 is 1.32 bits per heavy atom. The molecule has 3 heteroatoms. The van der Waals surface area contributed by atoms with Crippen LogP contribution in [0.2, 0.25) is 0 Å². The van der Waals surface area contributed by atoms with Crippen molar-refractivity contribution in [1.29, 1.82) is 0 Å². The van der Waals surface area contributed by atoms with Crippen molar-refractivity contribution in [2.24, 2.45) is 0 Å². The summed E-state index contributed by atoms with van der Waals surface area (Å²) in [5.74, 6) is 0.906. The average Bonchev–Trinajstić information content (AvgIpc) is 2.48. The molecule has 2 heterocycles. The molecule has 1 saturated heterocycles. The van der Waals surface area contributed by atoms with Crippen LogP contribution in [-0.4, -0.2) is 34.2 Å². The van der Waals surface area contributed by atoms with E-state index < -0.39 is 6.10 Å². The molecular weight excluding hydrogens is 274 g/mol. The van der Waals surface area contributed by atoms with Gasteiger partial charge in [0.05, 0.1) is 6.04 Å². The number of aliphatic hydroxyl groups is 1. The van der Waals surface area contributed by atoms with Crippen molar-refractivity contribution < 1.29 is 9.84 Å². The summed E-state index contributed by atoms with van der Waals surface area (Å²) in [4.78, 5) is 2.47. The molecule has 1 fully saturated rings. The van der Waals surface area contributed by atoms with Crippen molar-refractivity contribution >= 4 is 0 Å². The van der Waals surface area contributed by atoms with E-state index in [9.17, 15) is 5.11 Å². The summed E-state index contributed by atoms with van der Waals surface area (Å²) < 4.78 is 6.42. The van der Waals surface area contributed by atoms with Crippen molar-refractivity contribution in [3.63, 3.8) is 0 Å². The smallest absolute Gasteiger partial charge is 0.129 e. The van der Waals surface area contributed by atoms with Crippen molar-refractivity contribution in [3.05, 3.63) is 29.3 Å². The van der Waals surface area contributed by atoms with E-state index in [4.69, 9.17) is 4.74 Å². The highest BCUT2D eigenvalue weighted by atomic mass is 16.5. The molecule has 1 aromatic rings. The van der Waals surface area contributed by atoms with Crippen LogP contribution in [0.5, 0.6) is 5.75 Å². The van der Waals surface area contributed by atoms with Gasteiger partial charge in [0.1, 0.15) is 17.5 Å². The molecule has 122 valence electrons. The van der Waals surface area contributed by atoms with Gasteiger partial charge in [0.15, 0.2) is 0 Å². The molecule has 0 saturated carbocycles. The number of rotatable bonds is 2. The van der Waals surface area contributed by atoms with Gasteiger partial charge in [-0.15, -0.1) is 0 Å². The summed E-state index contributed by atoms with van der Waals surface area (Å²) >= 11 is 0. The van der Waals surface area contributed by atoms with Crippen molar-refractivity contribution in [1.82, 2.24) is 4.90 Å². The third-order valence-corrected chi connectivity index (χ3v) is 5.41. The first-order valence-corrected chi connectivity index (χ1v) is 8.70. The number of aliphatic hydroxyl groups excluding tert-OH is 1. The van der Waals surface area contributed by atoms with E-state index in [1.807, 2.05) is 12.1 Å². The third kappa shape index (κ3) is 2.55. The summed E-state index contributed by atoms with van der Waals surface area (Å²) in [7, 11) is 0. The average molecular weight is 303 g/mol. The van der Waals surface area contributed by atoms with E-state index in [0.717, 1.165) is 24.3 Å². The Kier molecular flexibility index (Phi) is 4.21. The first kappa shape index (κ1) is 15.8. The van der Waals surface area contributed by atoms with Gasteiger partial charge in [-0.3, -0.25) is 4.90 Å². The number of para-hydroxylation sites is 1. The predicted octanol–water partition coefficient (Wildman–Crippen LogP) is 3.70. The molecule has 0 amide bonds. The number of aryl methyl sites for hydroxylation is 1. The zero-order chi connectivity index (χ0) is 15.9. The Hall–Kier alpha value is -1.06. The summed E-state index contributed by atoms with van der Waals surface area (Å²) in [6, 6.07) is 6.69. The van der Waals surface area contributed by atoms with Gasteiger partial charge in [0.25, 0.3) is 0 Å². The number of piperidine rings is 1. The maximum absolute atomic E-state index is 11.1. The lowest BCUT2D eigenvalue weighted by Gasteiger charge is -2.51. The molecule has 0 bridgehead atoms. The molecule has 3 rings (SSSR count). The second-order valence-corrected chi connectivity index (χ2v) is 7.37. The molecule has 0 aromatic heterocycles. The van der Waals surface area contributed by atoms with Gasteiger partial charge in [0, 0.05) is 11.6 Å². The maximum atomic E-state index is 11.1. The Morgan fingerprint density at radius 2 is 2.09 bits per heavy atom. The van der Waals surface area contributed by atoms with Crippen LogP contribution in [0.4, 0.5) is 0 Å². The molecule has 0 spiro atoms. The topological polar surface area (TPSA) is 32.7 Å². The largest absolute Gasteiger partial charge is 0.485 e. The minimum atomic E-state index is -0.481. The van der Waals surface area contributed by atoms with E-state index in [0.29, 0.717) is 6.04 Å². The lowest BCUT2D eigenvalue weighted by molar-refractivity contribution is -0.101. The number of hydrogen-bond donors (Lipinski definition) is 1. The predicted molar refractivity (Wildman–Crippen MR) is 89.3 cm³/mol. The number of nitrogens with zero attached hydrogens (tertiary/aromatic N) is 1. The number of ether oxygens (including phenoxy) is 1. The van der Waals surface area contributed by atoms with Crippen LogP contribution in [0.25, 0.3) is 0 Å². The highest BCUT2D eigenvalue weighted by molar-refractivity contribution is 5.46. The fourth-order valence-corrected chi connectivity index (χ4v) is 4.23. The summed E-state index contributed by atoms with van der Waals surface area (Å²) in [6.45, 7) is 9.71. The number of hydrogen-bond acceptors (Lipinski definition) is 3. The van der Waals surface area contributed by atoms with Crippen LogP contribution in [-0.2, 0) is 6.42 Å². The van der Waals surface area contributed by atoms with Crippen LogP contribution in [0.1, 0.15) is 64.2 Å². The second kappa shape index (κ2) is 5.86.